The third kappa shape index (κ3) is 3.30. The minimum atomic E-state index is -3.51. The molecule has 0 spiro atoms. The van der Waals surface area contributed by atoms with Crippen LogP contribution >= 0.6 is 0 Å². The van der Waals surface area contributed by atoms with Gasteiger partial charge in [-0.25, -0.2) is 22.8 Å². The molecule has 2 heterocycles. The van der Waals surface area contributed by atoms with Gasteiger partial charge in [0.1, 0.15) is 4.90 Å². The lowest BCUT2D eigenvalue weighted by Crippen LogP contribution is -2.36. The molecule has 0 unspecified atom stereocenters. The first-order valence-corrected chi connectivity index (χ1v) is 8.62. The SMILES string of the molecule is O=S(=O)(NC1CCCCC1)c1cnn(-c2ccccn2)c1. The maximum absolute atomic E-state index is 12.4. The molecule has 0 bridgehead atoms. The zero-order valence-corrected chi connectivity index (χ0v) is 12.5. The molecule has 7 heteroatoms. The molecular weight excluding hydrogens is 288 g/mol. The first kappa shape index (κ1) is 14.2. The molecule has 1 aliphatic carbocycles. The highest BCUT2D eigenvalue weighted by Gasteiger charge is 2.23. The Morgan fingerprint density at radius 1 is 1.19 bits per heavy atom. The van der Waals surface area contributed by atoms with E-state index in [-0.39, 0.29) is 10.9 Å². The van der Waals surface area contributed by atoms with E-state index in [1.54, 1.807) is 18.3 Å². The number of rotatable bonds is 4. The summed E-state index contributed by atoms with van der Waals surface area (Å²) in [7, 11) is -3.51. The van der Waals surface area contributed by atoms with Gasteiger partial charge in [-0.15, -0.1) is 0 Å². The lowest BCUT2D eigenvalue weighted by atomic mass is 9.96. The van der Waals surface area contributed by atoms with Gasteiger partial charge in [0.2, 0.25) is 10.0 Å². The van der Waals surface area contributed by atoms with Gasteiger partial charge in [0.05, 0.1) is 12.4 Å². The largest absolute Gasteiger partial charge is 0.243 e. The van der Waals surface area contributed by atoms with Crippen LogP contribution < -0.4 is 4.72 Å². The van der Waals surface area contributed by atoms with Crippen molar-refractivity contribution in [2.75, 3.05) is 0 Å². The molecule has 1 aliphatic rings. The lowest BCUT2D eigenvalue weighted by Gasteiger charge is -2.22. The zero-order chi connectivity index (χ0) is 14.7. The van der Waals surface area contributed by atoms with Gasteiger partial charge in [0.25, 0.3) is 0 Å². The highest BCUT2D eigenvalue weighted by molar-refractivity contribution is 7.89. The van der Waals surface area contributed by atoms with Crippen molar-refractivity contribution in [1.82, 2.24) is 19.5 Å². The van der Waals surface area contributed by atoms with Crippen LogP contribution in [-0.2, 0) is 10.0 Å². The molecule has 21 heavy (non-hydrogen) atoms. The molecule has 2 aromatic heterocycles. The summed E-state index contributed by atoms with van der Waals surface area (Å²) in [6.07, 6.45) is 9.68. The highest BCUT2D eigenvalue weighted by Crippen LogP contribution is 2.20. The molecule has 0 saturated heterocycles. The van der Waals surface area contributed by atoms with Crippen LogP contribution in [0, 0.1) is 0 Å². The smallest absolute Gasteiger partial charge is 0.237 e. The second-order valence-electron chi connectivity index (χ2n) is 5.26. The number of pyridine rings is 1. The van der Waals surface area contributed by atoms with Crippen LogP contribution in [0.1, 0.15) is 32.1 Å². The van der Waals surface area contributed by atoms with E-state index in [1.807, 2.05) is 6.07 Å². The molecule has 2 aromatic rings. The number of hydrogen-bond acceptors (Lipinski definition) is 4. The van der Waals surface area contributed by atoms with Crippen molar-refractivity contribution in [1.29, 1.82) is 0 Å². The molecule has 1 N–H and O–H groups in total. The number of hydrogen-bond donors (Lipinski definition) is 1. The van der Waals surface area contributed by atoms with Gasteiger partial charge in [-0.3, -0.25) is 0 Å². The maximum atomic E-state index is 12.4. The summed E-state index contributed by atoms with van der Waals surface area (Å²) in [6, 6.07) is 5.45. The van der Waals surface area contributed by atoms with E-state index in [1.165, 1.54) is 23.5 Å². The lowest BCUT2D eigenvalue weighted by molar-refractivity contribution is 0.412. The Labute approximate surface area is 124 Å². The first-order chi connectivity index (χ1) is 10.1. The second kappa shape index (κ2) is 5.95. The van der Waals surface area contributed by atoms with E-state index in [2.05, 4.69) is 14.8 Å². The molecule has 0 aromatic carbocycles. The maximum Gasteiger partial charge on any atom is 0.243 e. The summed E-state index contributed by atoms with van der Waals surface area (Å²) in [6.45, 7) is 0. The van der Waals surface area contributed by atoms with Gasteiger partial charge in [-0.05, 0) is 25.0 Å². The van der Waals surface area contributed by atoms with Crippen molar-refractivity contribution in [2.24, 2.45) is 0 Å². The van der Waals surface area contributed by atoms with Crippen molar-refractivity contribution in [2.45, 2.75) is 43.0 Å². The third-order valence-corrected chi connectivity index (χ3v) is 5.16. The van der Waals surface area contributed by atoms with E-state index in [9.17, 15) is 8.42 Å². The Kier molecular flexibility index (Phi) is 4.03. The summed E-state index contributed by atoms with van der Waals surface area (Å²) in [5, 5.41) is 4.08. The molecule has 6 nitrogen and oxygen atoms in total. The topological polar surface area (TPSA) is 76.9 Å². The number of sulfonamides is 1. The monoisotopic (exact) mass is 306 g/mol. The molecular formula is C14H18N4O2S. The Morgan fingerprint density at radius 3 is 2.71 bits per heavy atom. The van der Waals surface area contributed by atoms with Crippen molar-refractivity contribution in [3.63, 3.8) is 0 Å². The normalized spacial score (nSPS) is 17.0. The summed E-state index contributed by atoms with van der Waals surface area (Å²) in [4.78, 5) is 4.32. The average Bonchev–Trinajstić information content (AvgIpc) is 2.99. The summed E-state index contributed by atoms with van der Waals surface area (Å²) in [5.41, 5.74) is 0. The molecule has 3 rings (SSSR count). The quantitative estimate of drug-likeness (QED) is 0.935. The zero-order valence-electron chi connectivity index (χ0n) is 11.6. The van der Waals surface area contributed by atoms with Gasteiger partial charge in [-0.2, -0.15) is 5.10 Å². The fourth-order valence-electron chi connectivity index (χ4n) is 2.57. The second-order valence-corrected chi connectivity index (χ2v) is 6.98. The van der Waals surface area contributed by atoms with Crippen molar-refractivity contribution < 1.29 is 8.42 Å². The van der Waals surface area contributed by atoms with Crippen molar-refractivity contribution >= 4 is 10.0 Å². The molecule has 1 saturated carbocycles. The third-order valence-electron chi connectivity index (χ3n) is 3.68. The summed E-state index contributed by atoms with van der Waals surface area (Å²) >= 11 is 0. The highest BCUT2D eigenvalue weighted by atomic mass is 32.2. The number of nitrogens with one attached hydrogen (secondary N) is 1. The number of aromatic nitrogens is 3. The predicted octanol–water partition coefficient (Wildman–Crippen LogP) is 1.88. The van der Waals surface area contributed by atoms with Crippen LogP contribution in [0.4, 0.5) is 0 Å². The molecule has 112 valence electrons. The average molecular weight is 306 g/mol. The Balaban J connectivity index is 1.78. The standard InChI is InChI=1S/C14H18N4O2S/c19-21(20,17-12-6-2-1-3-7-12)13-10-16-18(11-13)14-8-4-5-9-15-14/h4-5,8-12,17H,1-3,6-7H2. The van der Waals surface area contributed by atoms with E-state index in [0.29, 0.717) is 5.82 Å². The fourth-order valence-corrected chi connectivity index (χ4v) is 3.80. The minimum Gasteiger partial charge on any atom is -0.237 e. The van der Waals surface area contributed by atoms with Gasteiger partial charge in [0, 0.05) is 12.2 Å². The van der Waals surface area contributed by atoms with E-state index >= 15 is 0 Å². The molecule has 0 amide bonds. The summed E-state index contributed by atoms with van der Waals surface area (Å²) in [5.74, 6) is 0.594. The van der Waals surface area contributed by atoms with E-state index < -0.39 is 10.0 Å². The van der Waals surface area contributed by atoms with Crippen LogP contribution in [0.15, 0.2) is 41.7 Å². The minimum absolute atomic E-state index is 0.0435. The van der Waals surface area contributed by atoms with Gasteiger partial charge < -0.3 is 0 Å². The fraction of sp³-hybridized carbons (Fsp3) is 0.429. The number of nitrogens with zero attached hydrogens (tertiary/aromatic N) is 3. The first-order valence-electron chi connectivity index (χ1n) is 7.13. The molecule has 0 radical (unpaired) electrons. The van der Waals surface area contributed by atoms with Crippen LogP contribution in [0.5, 0.6) is 0 Å². The van der Waals surface area contributed by atoms with Crippen LogP contribution in [0.25, 0.3) is 5.82 Å². The van der Waals surface area contributed by atoms with Crippen molar-refractivity contribution in [3.05, 3.63) is 36.8 Å². The van der Waals surface area contributed by atoms with Gasteiger partial charge >= 0.3 is 0 Å². The van der Waals surface area contributed by atoms with Gasteiger partial charge in [-0.1, -0.05) is 25.3 Å². The van der Waals surface area contributed by atoms with E-state index in [4.69, 9.17) is 0 Å². The predicted molar refractivity (Wildman–Crippen MR) is 78.6 cm³/mol. The summed E-state index contributed by atoms with van der Waals surface area (Å²) < 4.78 is 29.0. The Bertz CT molecular complexity index is 691. The Morgan fingerprint density at radius 2 is 2.00 bits per heavy atom. The molecule has 0 aliphatic heterocycles. The molecule has 1 fully saturated rings. The van der Waals surface area contributed by atoms with Crippen LogP contribution in [0.3, 0.4) is 0 Å². The Hall–Kier alpha value is -1.73. The van der Waals surface area contributed by atoms with Crippen LogP contribution in [0.2, 0.25) is 0 Å². The van der Waals surface area contributed by atoms with E-state index in [0.717, 1.165) is 25.7 Å². The van der Waals surface area contributed by atoms with Crippen LogP contribution in [-0.4, -0.2) is 29.2 Å². The molecule has 0 atom stereocenters. The van der Waals surface area contributed by atoms with Crippen molar-refractivity contribution in [3.8, 4) is 5.82 Å². The van der Waals surface area contributed by atoms with Gasteiger partial charge in [0.15, 0.2) is 5.82 Å².